The van der Waals surface area contributed by atoms with Gasteiger partial charge in [0, 0.05) is 13.1 Å². The molecular formula is C19H29N3O2. The minimum atomic E-state index is -0.190. The number of benzene rings is 1. The molecule has 2 N–H and O–H groups in total. The minimum absolute atomic E-state index is 0.0639. The molecule has 5 nitrogen and oxygen atoms in total. The van der Waals surface area contributed by atoms with Crippen molar-refractivity contribution in [3.05, 3.63) is 24.3 Å². The van der Waals surface area contributed by atoms with E-state index in [0.29, 0.717) is 6.54 Å². The fourth-order valence-electron chi connectivity index (χ4n) is 3.57. The Morgan fingerprint density at radius 1 is 1.12 bits per heavy atom. The van der Waals surface area contributed by atoms with Crippen LogP contribution >= 0.6 is 0 Å². The Morgan fingerprint density at radius 3 is 2.50 bits per heavy atom. The predicted octanol–water partition coefficient (Wildman–Crippen LogP) is 2.32. The van der Waals surface area contributed by atoms with Gasteiger partial charge in [-0.05, 0) is 56.8 Å². The number of hydrogen-bond donors (Lipinski definition) is 2. The molecule has 0 atom stereocenters. The van der Waals surface area contributed by atoms with Crippen molar-refractivity contribution in [2.75, 3.05) is 42.9 Å². The van der Waals surface area contributed by atoms with Crippen molar-refractivity contribution < 1.29 is 9.90 Å². The highest BCUT2D eigenvalue weighted by Crippen LogP contribution is 2.28. The maximum Gasteiger partial charge on any atom is 0.238 e. The van der Waals surface area contributed by atoms with Crippen LogP contribution in [-0.2, 0) is 4.79 Å². The molecule has 2 saturated heterocycles. The summed E-state index contributed by atoms with van der Waals surface area (Å²) in [6, 6.07) is 7.98. The van der Waals surface area contributed by atoms with E-state index in [0.717, 1.165) is 56.3 Å². The van der Waals surface area contributed by atoms with E-state index < -0.39 is 0 Å². The van der Waals surface area contributed by atoms with Gasteiger partial charge in [0.15, 0.2) is 0 Å². The SMILES string of the molecule is CC1CCN(CC(=O)Nc2ccccc2N2CCC(O)CC2)CC1. The Balaban J connectivity index is 1.59. The van der Waals surface area contributed by atoms with Gasteiger partial charge in [0.2, 0.25) is 5.91 Å². The molecule has 0 spiro atoms. The quantitative estimate of drug-likeness (QED) is 0.889. The Kier molecular flexibility index (Phi) is 5.74. The summed E-state index contributed by atoms with van der Waals surface area (Å²) in [6.45, 7) is 6.44. The number of piperidine rings is 2. The molecule has 132 valence electrons. The summed E-state index contributed by atoms with van der Waals surface area (Å²) in [5.41, 5.74) is 1.94. The Labute approximate surface area is 144 Å². The van der Waals surface area contributed by atoms with Crippen LogP contribution in [0.2, 0.25) is 0 Å². The van der Waals surface area contributed by atoms with E-state index in [1.54, 1.807) is 0 Å². The van der Waals surface area contributed by atoms with E-state index in [4.69, 9.17) is 0 Å². The summed E-state index contributed by atoms with van der Waals surface area (Å²) in [7, 11) is 0. The number of hydrogen-bond acceptors (Lipinski definition) is 4. The van der Waals surface area contributed by atoms with Crippen LogP contribution in [0.4, 0.5) is 11.4 Å². The molecule has 2 aliphatic rings. The molecule has 0 saturated carbocycles. The van der Waals surface area contributed by atoms with Crippen LogP contribution in [0.5, 0.6) is 0 Å². The van der Waals surface area contributed by atoms with Crippen molar-refractivity contribution in [3.63, 3.8) is 0 Å². The molecule has 2 aliphatic heterocycles. The maximum absolute atomic E-state index is 12.4. The first kappa shape index (κ1) is 17.2. The molecule has 0 radical (unpaired) electrons. The number of para-hydroxylation sites is 2. The van der Waals surface area contributed by atoms with Gasteiger partial charge in [-0.15, -0.1) is 0 Å². The standard InChI is InChI=1S/C19H29N3O2/c1-15-6-10-21(11-7-15)14-19(24)20-17-4-2-3-5-18(17)22-12-8-16(23)9-13-22/h2-5,15-16,23H,6-14H2,1H3,(H,20,24). The van der Waals surface area contributed by atoms with E-state index in [9.17, 15) is 9.90 Å². The second kappa shape index (κ2) is 7.99. The van der Waals surface area contributed by atoms with Crippen LogP contribution < -0.4 is 10.2 Å². The van der Waals surface area contributed by atoms with Gasteiger partial charge in [-0.25, -0.2) is 0 Å². The summed E-state index contributed by atoms with van der Waals surface area (Å²) in [4.78, 5) is 16.9. The fraction of sp³-hybridized carbons (Fsp3) is 0.632. The molecule has 2 fully saturated rings. The molecule has 2 heterocycles. The summed E-state index contributed by atoms with van der Waals surface area (Å²) < 4.78 is 0. The third-order valence-corrected chi connectivity index (χ3v) is 5.23. The van der Waals surface area contributed by atoms with Gasteiger partial charge in [0.25, 0.3) is 0 Å². The summed E-state index contributed by atoms with van der Waals surface area (Å²) in [6.07, 6.45) is 3.74. The lowest BCUT2D eigenvalue weighted by molar-refractivity contribution is -0.117. The van der Waals surface area contributed by atoms with Crippen LogP contribution in [0.3, 0.4) is 0 Å². The summed E-state index contributed by atoms with van der Waals surface area (Å²) >= 11 is 0. The van der Waals surface area contributed by atoms with Crippen LogP contribution in [0.25, 0.3) is 0 Å². The average Bonchev–Trinajstić information content (AvgIpc) is 2.58. The zero-order valence-corrected chi connectivity index (χ0v) is 14.6. The second-order valence-corrected chi connectivity index (χ2v) is 7.24. The van der Waals surface area contributed by atoms with Gasteiger partial charge in [-0.2, -0.15) is 0 Å². The Bertz CT molecular complexity index is 547. The van der Waals surface area contributed by atoms with E-state index in [-0.39, 0.29) is 12.0 Å². The summed E-state index contributed by atoms with van der Waals surface area (Å²) in [5.74, 6) is 0.841. The van der Waals surface area contributed by atoms with Crippen LogP contribution in [0.15, 0.2) is 24.3 Å². The molecule has 0 aromatic heterocycles. The predicted molar refractivity (Wildman–Crippen MR) is 97.4 cm³/mol. The first-order valence-electron chi connectivity index (χ1n) is 9.16. The van der Waals surface area contributed by atoms with E-state index >= 15 is 0 Å². The number of likely N-dealkylation sites (tertiary alicyclic amines) is 1. The Morgan fingerprint density at radius 2 is 1.79 bits per heavy atom. The van der Waals surface area contributed by atoms with Gasteiger partial charge >= 0.3 is 0 Å². The van der Waals surface area contributed by atoms with E-state index in [2.05, 4.69) is 28.1 Å². The van der Waals surface area contributed by atoms with Gasteiger partial charge in [0.1, 0.15) is 0 Å². The van der Waals surface area contributed by atoms with Gasteiger partial charge in [-0.3, -0.25) is 9.69 Å². The zero-order valence-electron chi connectivity index (χ0n) is 14.6. The Hall–Kier alpha value is -1.59. The van der Waals surface area contributed by atoms with Crippen LogP contribution in [0.1, 0.15) is 32.6 Å². The molecule has 1 aromatic rings. The van der Waals surface area contributed by atoms with Gasteiger partial charge < -0.3 is 15.3 Å². The number of nitrogens with one attached hydrogen (secondary N) is 1. The monoisotopic (exact) mass is 331 g/mol. The highest BCUT2D eigenvalue weighted by atomic mass is 16.3. The molecule has 1 aromatic carbocycles. The number of nitrogens with zero attached hydrogens (tertiary/aromatic N) is 2. The smallest absolute Gasteiger partial charge is 0.238 e. The van der Waals surface area contributed by atoms with E-state index in [1.807, 2.05) is 18.2 Å². The third kappa shape index (κ3) is 4.48. The largest absolute Gasteiger partial charge is 0.393 e. The number of carbonyl (C=O) groups excluding carboxylic acids is 1. The van der Waals surface area contributed by atoms with E-state index in [1.165, 1.54) is 12.8 Å². The lowest BCUT2D eigenvalue weighted by atomic mass is 9.99. The molecule has 1 amide bonds. The molecule has 3 rings (SSSR count). The maximum atomic E-state index is 12.4. The topological polar surface area (TPSA) is 55.8 Å². The number of aliphatic hydroxyl groups excluding tert-OH is 1. The molecular weight excluding hydrogens is 302 g/mol. The first-order valence-corrected chi connectivity index (χ1v) is 9.16. The second-order valence-electron chi connectivity index (χ2n) is 7.24. The van der Waals surface area contributed by atoms with Crippen LogP contribution in [-0.4, -0.2) is 54.7 Å². The number of carbonyl (C=O) groups is 1. The summed E-state index contributed by atoms with van der Waals surface area (Å²) in [5, 5.41) is 12.8. The zero-order chi connectivity index (χ0) is 16.9. The van der Waals surface area contributed by atoms with Crippen molar-refractivity contribution in [3.8, 4) is 0 Å². The number of rotatable bonds is 4. The van der Waals surface area contributed by atoms with Crippen LogP contribution in [0, 0.1) is 5.92 Å². The van der Waals surface area contributed by atoms with Gasteiger partial charge in [0.05, 0.1) is 24.0 Å². The van der Waals surface area contributed by atoms with Crippen molar-refractivity contribution in [2.24, 2.45) is 5.92 Å². The normalized spacial score (nSPS) is 21.0. The average molecular weight is 331 g/mol. The van der Waals surface area contributed by atoms with Crippen molar-refractivity contribution >= 4 is 17.3 Å². The number of anilines is 2. The molecule has 0 bridgehead atoms. The highest BCUT2D eigenvalue weighted by Gasteiger charge is 2.21. The fourth-order valence-corrected chi connectivity index (χ4v) is 3.57. The third-order valence-electron chi connectivity index (χ3n) is 5.23. The number of amides is 1. The van der Waals surface area contributed by atoms with Gasteiger partial charge in [-0.1, -0.05) is 19.1 Å². The lowest BCUT2D eigenvalue weighted by Crippen LogP contribution is -2.39. The lowest BCUT2D eigenvalue weighted by Gasteiger charge is -2.33. The molecule has 0 unspecified atom stereocenters. The highest BCUT2D eigenvalue weighted by molar-refractivity contribution is 5.95. The molecule has 5 heteroatoms. The van der Waals surface area contributed by atoms with Crippen molar-refractivity contribution in [2.45, 2.75) is 38.7 Å². The minimum Gasteiger partial charge on any atom is -0.393 e. The number of aliphatic hydroxyl groups is 1. The van der Waals surface area contributed by atoms with Crippen molar-refractivity contribution in [1.29, 1.82) is 0 Å². The molecule has 0 aliphatic carbocycles. The van der Waals surface area contributed by atoms with Crippen molar-refractivity contribution in [1.82, 2.24) is 4.90 Å². The first-order chi connectivity index (χ1) is 11.6. The molecule has 24 heavy (non-hydrogen) atoms.